The molecule has 2 aromatic rings. The van der Waals surface area contributed by atoms with Crippen LogP contribution in [0.15, 0.2) is 47.5 Å². The zero-order valence-electron chi connectivity index (χ0n) is 12.1. The van der Waals surface area contributed by atoms with Gasteiger partial charge in [-0.1, -0.05) is 30.3 Å². The standard InChI is InChI=1S/C16H16N4O2/c1-22-16(21)19-11-7-12(17)15-13(8-11)18-9-14(20-15)10-5-3-2-4-6-10/h2-8,18H,9,17H2,1H3,(H,19,21). The second kappa shape index (κ2) is 5.77. The van der Waals surface area contributed by atoms with E-state index >= 15 is 0 Å². The summed E-state index contributed by atoms with van der Waals surface area (Å²) in [7, 11) is 1.31. The average molecular weight is 296 g/mol. The van der Waals surface area contributed by atoms with Gasteiger partial charge in [0.1, 0.15) is 5.69 Å². The third-order valence-electron chi connectivity index (χ3n) is 3.37. The molecule has 0 atom stereocenters. The first-order chi connectivity index (χ1) is 10.7. The minimum absolute atomic E-state index is 0.490. The molecule has 0 radical (unpaired) electrons. The van der Waals surface area contributed by atoms with E-state index in [9.17, 15) is 4.79 Å². The van der Waals surface area contributed by atoms with Crippen molar-refractivity contribution in [3.63, 3.8) is 0 Å². The predicted octanol–water partition coefficient (Wildman–Crippen LogP) is 2.99. The van der Waals surface area contributed by atoms with Crippen LogP contribution in [0.4, 0.5) is 27.5 Å². The highest BCUT2D eigenvalue weighted by Gasteiger charge is 2.16. The molecule has 6 heteroatoms. The Morgan fingerprint density at radius 2 is 2.09 bits per heavy atom. The molecule has 0 aliphatic carbocycles. The van der Waals surface area contributed by atoms with Gasteiger partial charge in [-0.2, -0.15) is 0 Å². The molecule has 0 spiro atoms. The second-order valence-electron chi connectivity index (χ2n) is 4.86. The van der Waals surface area contributed by atoms with Crippen molar-refractivity contribution in [1.29, 1.82) is 0 Å². The van der Waals surface area contributed by atoms with Crippen LogP contribution in [0.5, 0.6) is 0 Å². The molecule has 22 heavy (non-hydrogen) atoms. The molecule has 112 valence electrons. The molecule has 0 aromatic heterocycles. The lowest BCUT2D eigenvalue weighted by Gasteiger charge is -2.20. The molecule has 4 N–H and O–H groups in total. The van der Waals surface area contributed by atoms with Crippen LogP contribution < -0.4 is 16.4 Å². The first-order valence-corrected chi connectivity index (χ1v) is 6.82. The smallest absolute Gasteiger partial charge is 0.411 e. The van der Waals surface area contributed by atoms with Gasteiger partial charge in [-0.3, -0.25) is 5.32 Å². The number of hydrogen-bond donors (Lipinski definition) is 3. The van der Waals surface area contributed by atoms with Crippen molar-refractivity contribution < 1.29 is 9.53 Å². The maximum Gasteiger partial charge on any atom is 0.411 e. The van der Waals surface area contributed by atoms with E-state index in [1.807, 2.05) is 30.3 Å². The molecule has 0 unspecified atom stereocenters. The van der Waals surface area contributed by atoms with Crippen molar-refractivity contribution in [1.82, 2.24) is 0 Å². The van der Waals surface area contributed by atoms with Crippen molar-refractivity contribution in [3.8, 4) is 0 Å². The molecule has 6 nitrogen and oxygen atoms in total. The lowest BCUT2D eigenvalue weighted by molar-refractivity contribution is 0.187. The molecule has 1 amide bonds. The molecule has 1 heterocycles. The van der Waals surface area contributed by atoms with Crippen LogP contribution in [0.25, 0.3) is 0 Å². The number of nitrogens with zero attached hydrogens (tertiary/aromatic N) is 1. The zero-order chi connectivity index (χ0) is 15.5. The predicted molar refractivity (Wildman–Crippen MR) is 88.0 cm³/mol. The molecular weight excluding hydrogens is 280 g/mol. The third kappa shape index (κ3) is 2.71. The normalized spacial score (nSPS) is 12.7. The van der Waals surface area contributed by atoms with E-state index in [2.05, 4.69) is 20.4 Å². The maximum atomic E-state index is 11.3. The van der Waals surface area contributed by atoms with Crippen LogP contribution in [-0.2, 0) is 4.74 Å². The maximum absolute atomic E-state index is 11.3. The van der Waals surface area contributed by atoms with E-state index in [4.69, 9.17) is 5.73 Å². The summed E-state index contributed by atoms with van der Waals surface area (Å²) in [6.45, 7) is 0.595. The molecule has 0 saturated heterocycles. The number of ether oxygens (including phenoxy) is 1. The number of carbonyl (C=O) groups is 1. The van der Waals surface area contributed by atoms with E-state index in [1.54, 1.807) is 12.1 Å². The fourth-order valence-electron chi connectivity index (χ4n) is 2.31. The minimum Gasteiger partial charge on any atom is -0.453 e. The Morgan fingerprint density at radius 3 is 2.82 bits per heavy atom. The number of nitrogen functional groups attached to an aromatic ring is 1. The van der Waals surface area contributed by atoms with Crippen molar-refractivity contribution in [2.45, 2.75) is 0 Å². The highest BCUT2D eigenvalue weighted by atomic mass is 16.5. The van der Waals surface area contributed by atoms with Gasteiger partial charge in [0.2, 0.25) is 0 Å². The summed E-state index contributed by atoms with van der Waals surface area (Å²) in [5.74, 6) is 0. The largest absolute Gasteiger partial charge is 0.453 e. The number of amides is 1. The summed E-state index contributed by atoms with van der Waals surface area (Å²) in [6.07, 6.45) is -0.538. The van der Waals surface area contributed by atoms with Gasteiger partial charge < -0.3 is 15.8 Å². The number of nitrogens with one attached hydrogen (secondary N) is 2. The van der Waals surface area contributed by atoms with Crippen LogP contribution in [0.3, 0.4) is 0 Å². The summed E-state index contributed by atoms with van der Waals surface area (Å²) in [5, 5.41) is 5.88. The van der Waals surface area contributed by atoms with E-state index < -0.39 is 6.09 Å². The number of fused-ring (bicyclic) bond motifs is 1. The summed E-state index contributed by atoms with van der Waals surface area (Å²) in [6, 6.07) is 13.4. The highest BCUT2D eigenvalue weighted by molar-refractivity contribution is 6.08. The summed E-state index contributed by atoms with van der Waals surface area (Å²) < 4.78 is 4.57. The highest BCUT2D eigenvalue weighted by Crippen LogP contribution is 2.37. The van der Waals surface area contributed by atoms with Crippen molar-refractivity contribution >= 4 is 34.6 Å². The van der Waals surface area contributed by atoms with Crippen LogP contribution in [0, 0.1) is 0 Å². The number of benzene rings is 2. The number of hydrogen-bond acceptors (Lipinski definition) is 5. The lowest BCUT2D eigenvalue weighted by atomic mass is 10.1. The number of nitrogens with two attached hydrogens (primary N) is 1. The number of rotatable bonds is 2. The number of methoxy groups -OCH3 is 1. The Hall–Kier alpha value is -3.02. The van der Waals surface area contributed by atoms with E-state index in [0.717, 1.165) is 17.0 Å². The molecule has 1 aliphatic heterocycles. The van der Waals surface area contributed by atoms with Crippen LogP contribution >= 0.6 is 0 Å². The molecule has 1 aliphatic rings. The summed E-state index contributed by atoms with van der Waals surface area (Å²) in [4.78, 5) is 15.9. The van der Waals surface area contributed by atoms with E-state index in [0.29, 0.717) is 23.6 Å². The van der Waals surface area contributed by atoms with Gasteiger partial charge in [-0.15, -0.1) is 0 Å². The van der Waals surface area contributed by atoms with Gasteiger partial charge in [-0.05, 0) is 17.7 Å². The molecule has 2 aromatic carbocycles. The van der Waals surface area contributed by atoms with Gasteiger partial charge >= 0.3 is 6.09 Å². The van der Waals surface area contributed by atoms with Gasteiger partial charge in [0.25, 0.3) is 0 Å². The zero-order valence-corrected chi connectivity index (χ0v) is 12.1. The van der Waals surface area contributed by atoms with Gasteiger partial charge in [0.15, 0.2) is 0 Å². The lowest BCUT2D eigenvalue weighted by Crippen LogP contribution is -2.19. The molecule has 0 fully saturated rings. The first-order valence-electron chi connectivity index (χ1n) is 6.82. The summed E-state index contributed by atoms with van der Waals surface area (Å²) in [5.41, 5.74) is 10.6. The number of carbonyl (C=O) groups excluding carboxylic acids is 1. The van der Waals surface area contributed by atoms with Crippen LogP contribution in [0.1, 0.15) is 5.56 Å². The van der Waals surface area contributed by atoms with Crippen LogP contribution in [0.2, 0.25) is 0 Å². The average Bonchev–Trinajstić information content (AvgIpc) is 2.55. The Balaban J connectivity index is 1.95. The fraction of sp³-hybridized carbons (Fsp3) is 0.125. The number of anilines is 3. The van der Waals surface area contributed by atoms with Crippen molar-refractivity contribution in [2.75, 3.05) is 30.0 Å². The Labute approximate surface area is 128 Å². The Bertz CT molecular complexity index is 741. The number of aliphatic imine (C=N–C) groups is 1. The topological polar surface area (TPSA) is 88.7 Å². The molecule has 0 saturated carbocycles. The second-order valence-corrected chi connectivity index (χ2v) is 4.86. The first kappa shape index (κ1) is 13.9. The Morgan fingerprint density at radius 1 is 1.32 bits per heavy atom. The quantitative estimate of drug-likeness (QED) is 0.743. The molecular formula is C16H16N4O2. The van der Waals surface area contributed by atoms with E-state index in [-0.39, 0.29) is 0 Å². The fourth-order valence-corrected chi connectivity index (χ4v) is 2.31. The molecule has 3 rings (SSSR count). The van der Waals surface area contributed by atoms with Crippen molar-refractivity contribution in [3.05, 3.63) is 48.0 Å². The van der Waals surface area contributed by atoms with Crippen LogP contribution in [-0.4, -0.2) is 25.5 Å². The van der Waals surface area contributed by atoms with Crippen molar-refractivity contribution in [2.24, 2.45) is 4.99 Å². The van der Waals surface area contributed by atoms with Gasteiger partial charge in [-0.25, -0.2) is 9.79 Å². The SMILES string of the molecule is COC(=O)Nc1cc(N)c2c(c1)NCC(c1ccccc1)=N2. The molecule has 0 bridgehead atoms. The van der Waals surface area contributed by atoms with Gasteiger partial charge in [0, 0.05) is 5.69 Å². The Kier molecular flexibility index (Phi) is 3.65. The third-order valence-corrected chi connectivity index (χ3v) is 3.37. The summed E-state index contributed by atoms with van der Waals surface area (Å²) >= 11 is 0. The van der Waals surface area contributed by atoms with Gasteiger partial charge in [0.05, 0.1) is 30.7 Å². The van der Waals surface area contributed by atoms with E-state index in [1.165, 1.54) is 7.11 Å². The monoisotopic (exact) mass is 296 g/mol. The minimum atomic E-state index is -0.538.